The van der Waals surface area contributed by atoms with Crippen LogP contribution in [0.1, 0.15) is 12.8 Å². The lowest BCUT2D eigenvalue weighted by molar-refractivity contribution is -0.120. The van der Waals surface area contributed by atoms with Crippen molar-refractivity contribution in [1.82, 2.24) is 14.6 Å². The Kier molecular flexibility index (Phi) is 6.30. The highest BCUT2D eigenvalue weighted by Gasteiger charge is 2.27. The number of amides is 1. The van der Waals surface area contributed by atoms with Crippen molar-refractivity contribution in [3.63, 3.8) is 0 Å². The van der Waals surface area contributed by atoms with Gasteiger partial charge in [-0.15, -0.1) is 5.10 Å². The molecule has 1 aliphatic rings. The van der Waals surface area contributed by atoms with Crippen LogP contribution in [-0.2, 0) is 4.79 Å². The molecule has 10 heteroatoms. The number of fused-ring (bicyclic) bond motifs is 1. The van der Waals surface area contributed by atoms with Gasteiger partial charge in [-0.05, 0) is 55.3 Å². The summed E-state index contributed by atoms with van der Waals surface area (Å²) in [7, 11) is 3.22. The maximum absolute atomic E-state index is 12.8. The van der Waals surface area contributed by atoms with Crippen LogP contribution in [0.2, 0.25) is 5.02 Å². The fourth-order valence-electron chi connectivity index (χ4n) is 4.06. The first-order chi connectivity index (χ1) is 16.5. The van der Waals surface area contributed by atoms with Gasteiger partial charge in [-0.1, -0.05) is 22.9 Å². The maximum Gasteiger partial charge on any atom is 0.227 e. The summed E-state index contributed by atoms with van der Waals surface area (Å²) in [5.41, 5.74) is 2.49. The van der Waals surface area contributed by atoms with E-state index in [0.29, 0.717) is 16.5 Å². The molecule has 34 heavy (non-hydrogen) atoms. The van der Waals surface area contributed by atoms with Crippen molar-refractivity contribution in [2.75, 3.05) is 37.5 Å². The number of halogens is 1. The largest absolute Gasteiger partial charge is 0.497 e. The number of piperidine rings is 1. The minimum atomic E-state index is -0.0781. The number of ether oxygens (including phenoxy) is 2. The van der Waals surface area contributed by atoms with Crippen LogP contribution in [0.4, 0.5) is 10.8 Å². The number of nitrogens with one attached hydrogen (secondary N) is 1. The van der Waals surface area contributed by atoms with Crippen LogP contribution in [0.5, 0.6) is 11.5 Å². The fourth-order valence-corrected chi connectivity index (χ4v) is 5.17. The quantitative estimate of drug-likeness (QED) is 0.404. The van der Waals surface area contributed by atoms with E-state index < -0.39 is 0 Å². The summed E-state index contributed by atoms with van der Waals surface area (Å²) < 4.78 is 12.4. The van der Waals surface area contributed by atoms with E-state index in [0.717, 1.165) is 53.0 Å². The molecule has 176 valence electrons. The van der Waals surface area contributed by atoms with Gasteiger partial charge in [-0.25, -0.2) is 9.50 Å². The van der Waals surface area contributed by atoms with E-state index >= 15 is 0 Å². The average Bonchev–Trinajstić information content (AvgIpc) is 3.44. The van der Waals surface area contributed by atoms with Gasteiger partial charge in [-0.3, -0.25) is 4.79 Å². The molecule has 1 saturated heterocycles. The van der Waals surface area contributed by atoms with E-state index in [-0.39, 0.29) is 11.8 Å². The molecule has 1 amide bonds. The topological polar surface area (TPSA) is 81.0 Å². The normalized spacial score (nSPS) is 14.4. The number of anilines is 2. The van der Waals surface area contributed by atoms with Crippen LogP contribution in [0.25, 0.3) is 16.2 Å². The summed E-state index contributed by atoms with van der Waals surface area (Å²) in [6.45, 7) is 1.51. The van der Waals surface area contributed by atoms with Crippen LogP contribution in [-0.4, -0.2) is 47.8 Å². The lowest BCUT2D eigenvalue weighted by atomic mass is 9.96. The summed E-state index contributed by atoms with van der Waals surface area (Å²) in [5, 5.41) is 9.17. The Morgan fingerprint density at radius 3 is 2.56 bits per heavy atom. The van der Waals surface area contributed by atoms with Crippen LogP contribution in [0, 0.1) is 5.92 Å². The summed E-state index contributed by atoms with van der Waals surface area (Å²) in [4.78, 5) is 20.6. The molecule has 2 aromatic heterocycles. The number of hydrogen-bond acceptors (Lipinski definition) is 7. The van der Waals surface area contributed by atoms with Crippen molar-refractivity contribution in [2.24, 2.45) is 5.92 Å². The molecule has 0 bridgehead atoms. The number of methoxy groups -OCH3 is 2. The van der Waals surface area contributed by atoms with Gasteiger partial charge in [0.1, 0.15) is 11.5 Å². The predicted molar refractivity (Wildman–Crippen MR) is 134 cm³/mol. The fraction of sp³-hybridized carbons (Fsp3) is 0.292. The van der Waals surface area contributed by atoms with Crippen LogP contribution < -0.4 is 19.7 Å². The maximum atomic E-state index is 12.8. The molecule has 0 unspecified atom stereocenters. The molecule has 1 fully saturated rings. The lowest BCUT2D eigenvalue weighted by Gasteiger charge is -2.30. The van der Waals surface area contributed by atoms with E-state index in [1.165, 1.54) is 0 Å². The Morgan fingerprint density at radius 2 is 1.88 bits per heavy atom. The predicted octanol–water partition coefficient (Wildman–Crippen LogP) is 4.98. The third kappa shape index (κ3) is 4.53. The third-order valence-corrected chi connectivity index (χ3v) is 7.19. The van der Waals surface area contributed by atoms with Crippen molar-refractivity contribution in [1.29, 1.82) is 0 Å². The average molecular weight is 498 g/mol. The van der Waals surface area contributed by atoms with Gasteiger partial charge >= 0.3 is 0 Å². The molecule has 2 aromatic carbocycles. The standard InChI is InChI=1S/C24H24ClN5O3S/c1-32-18-6-3-15(4-7-18)20-14-30-23(27-20)34-24(28-30)29-11-9-16(10-12-29)22(31)26-19-13-17(25)5-8-21(19)33-2/h3-8,13-14,16H,9-12H2,1-2H3,(H,26,31). The molecule has 5 rings (SSSR count). The van der Waals surface area contributed by atoms with Crippen molar-refractivity contribution in [3.05, 3.63) is 53.7 Å². The van der Waals surface area contributed by atoms with E-state index in [4.69, 9.17) is 31.2 Å². The summed E-state index contributed by atoms with van der Waals surface area (Å²) in [6.07, 6.45) is 3.43. The molecule has 0 saturated carbocycles. The molecule has 1 aliphatic heterocycles. The number of rotatable bonds is 6. The van der Waals surface area contributed by atoms with E-state index in [9.17, 15) is 4.79 Å². The molecule has 8 nitrogen and oxygen atoms in total. The number of hydrogen-bond donors (Lipinski definition) is 1. The summed E-state index contributed by atoms with van der Waals surface area (Å²) in [6, 6.07) is 13.0. The van der Waals surface area contributed by atoms with Gasteiger partial charge in [0.2, 0.25) is 16.0 Å². The Labute approximate surface area is 206 Å². The first-order valence-electron chi connectivity index (χ1n) is 10.9. The number of carbonyl (C=O) groups is 1. The number of imidazole rings is 1. The summed E-state index contributed by atoms with van der Waals surface area (Å²) in [5.74, 6) is 1.31. The van der Waals surface area contributed by atoms with E-state index in [1.807, 2.05) is 35.0 Å². The monoisotopic (exact) mass is 497 g/mol. The molecule has 1 N–H and O–H groups in total. The van der Waals surface area contributed by atoms with Crippen molar-refractivity contribution < 1.29 is 14.3 Å². The van der Waals surface area contributed by atoms with Gasteiger partial charge in [-0.2, -0.15) is 0 Å². The number of benzene rings is 2. The lowest BCUT2D eigenvalue weighted by Crippen LogP contribution is -2.38. The molecule has 0 radical (unpaired) electrons. The van der Waals surface area contributed by atoms with Gasteiger partial charge in [0.05, 0.1) is 31.8 Å². The van der Waals surface area contributed by atoms with Crippen molar-refractivity contribution in [3.8, 4) is 22.8 Å². The molecular weight excluding hydrogens is 474 g/mol. The van der Waals surface area contributed by atoms with Gasteiger partial charge in [0.15, 0.2) is 0 Å². The number of carbonyl (C=O) groups excluding carboxylic acids is 1. The zero-order chi connectivity index (χ0) is 23.7. The highest BCUT2D eigenvalue weighted by Crippen LogP contribution is 2.32. The smallest absolute Gasteiger partial charge is 0.227 e. The Balaban J connectivity index is 1.22. The molecule has 4 aromatic rings. The highest BCUT2D eigenvalue weighted by molar-refractivity contribution is 7.20. The molecule has 0 atom stereocenters. The second-order valence-corrected chi connectivity index (χ2v) is 9.43. The van der Waals surface area contributed by atoms with Gasteiger partial charge in [0.25, 0.3) is 0 Å². The first kappa shape index (κ1) is 22.5. The molecule has 0 aliphatic carbocycles. The van der Waals surface area contributed by atoms with Crippen LogP contribution >= 0.6 is 22.9 Å². The van der Waals surface area contributed by atoms with E-state index in [2.05, 4.69) is 10.2 Å². The van der Waals surface area contributed by atoms with Crippen LogP contribution in [0.3, 0.4) is 0 Å². The minimum absolute atomic E-state index is 0.0155. The highest BCUT2D eigenvalue weighted by atomic mass is 35.5. The van der Waals surface area contributed by atoms with Crippen LogP contribution in [0.15, 0.2) is 48.7 Å². The van der Waals surface area contributed by atoms with E-state index in [1.54, 1.807) is 43.8 Å². The molecule has 3 heterocycles. The number of nitrogens with zero attached hydrogens (tertiary/aromatic N) is 4. The van der Waals surface area contributed by atoms with Crippen molar-refractivity contribution in [2.45, 2.75) is 12.8 Å². The third-order valence-electron chi connectivity index (χ3n) is 5.97. The van der Waals surface area contributed by atoms with Gasteiger partial charge < -0.3 is 19.7 Å². The zero-order valence-corrected chi connectivity index (χ0v) is 20.4. The molecular formula is C24H24ClN5O3S. The first-order valence-corrected chi connectivity index (χ1v) is 12.1. The van der Waals surface area contributed by atoms with Crippen molar-refractivity contribution >= 4 is 44.6 Å². The van der Waals surface area contributed by atoms with Gasteiger partial charge in [0, 0.05) is 29.6 Å². The molecule has 0 spiro atoms. The Bertz CT molecular complexity index is 1280. The second-order valence-electron chi connectivity index (χ2n) is 8.06. The Hall–Kier alpha value is -3.30. The summed E-state index contributed by atoms with van der Waals surface area (Å²) >= 11 is 7.64. The minimum Gasteiger partial charge on any atom is -0.497 e. The number of aromatic nitrogens is 3. The second kappa shape index (κ2) is 9.52. The Morgan fingerprint density at radius 1 is 1.12 bits per heavy atom. The zero-order valence-electron chi connectivity index (χ0n) is 18.8. The SMILES string of the molecule is COc1ccc(-c2cn3nc(N4CCC(C(=O)Nc5cc(Cl)ccc5OC)CC4)sc3n2)cc1.